The van der Waals surface area contributed by atoms with Gasteiger partial charge in [-0.25, -0.2) is 0 Å². The molecule has 3 N–H and O–H groups in total. The largest absolute Gasteiger partial charge is 0.508 e. The summed E-state index contributed by atoms with van der Waals surface area (Å²) in [4.78, 5) is 1.80. The molecule has 1 rings (SSSR count). The van der Waals surface area contributed by atoms with Crippen molar-refractivity contribution < 1.29 is 27.1 Å². The lowest BCUT2D eigenvalue weighted by molar-refractivity contribution is -0.291. The van der Waals surface area contributed by atoms with E-state index >= 15 is 0 Å². The molecule has 128 valence electrons. The summed E-state index contributed by atoms with van der Waals surface area (Å²) < 4.78 is 63.3. The van der Waals surface area contributed by atoms with Gasteiger partial charge >= 0.3 is 12.1 Å². The fourth-order valence-electron chi connectivity index (χ4n) is 1.95. The Morgan fingerprint density at radius 3 is 2.00 bits per heavy atom. The summed E-state index contributed by atoms with van der Waals surface area (Å²) in [6.07, 6.45) is -5.78. The van der Waals surface area contributed by atoms with Crippen molar-refractivity contribution in [3.8, 4) is 5.75 Å². The molecule has 0 spiro atoms. The van der Waals surface area contributed by atoms with Crippen molar-refractivity contribution in [2.75, 3.05) is 18.0 Å². The van der Waals surface area contributed by atoms with Crippen LogP contribution in [0.4, 0.5) is 27.6 Å². The van der Waals surface area contributed by atoms with Gasteiger partial charge in [0.1, 0.15) is 11.8 Å². The predicted octanol–water partition coefficient (Wildman–Crippen LogP) is 3.86. The van der Waals surface area contributed by atoms with Gasteiger partial charge in [0.15, 0.2) is 0 Å². The highest BCUT2D eigenvalue weighted by molar-refractivity contribution is 5.85. The first kappa shape index (κ1) is 20.7. The molecule has 22 heavy (non-hydrogen) atoms. The van der Waals surface area contributed by atoms with Gasteiger partial charge in [-0.05, 0) is 19.9 Å². The average molecular weight is 349 g/mol. The number of anilines is 1. The molecule has 0 aliphatic carbocycles. The number of phenolic OH excluding ortho intramolecular Hbond substituents is 1. The Labute approximate surface area is 131 Å². The second-order valence-electron chi connectivity index (χ2n) is 4.51. The smallest absolute Gasteiger partial charge is 0.455 e. The van der Waals surface area contributed by atoms with Crippen LogP contribution in [0.5, 0.6) is 5.75 Å². The maximum atomic E-state index is 13.2. The minimum atomic E-state index is -5.78. The van der Waals surface area contributed by atoms with E-state index in [9.17, 15) is 27.1 Å². The van der Waals surface area contributed by atoms with Crippen molar-refractivity contribution in [1.29, 1.82) is 0 Å². The summed E-state index contributed by atoms with van der Waals surface area (Å²) in [5.41, 5.74) is 4.88. The van der Waals surface area contributed by atoms with Gasteiger partial charge in [-0.15, -0.1) is 12.4 Å². The van der Waals surface area contributed by atoms with Crippen molar-refractivity contribution in [2.45, 2.75) is 32.0 Å². The monoisotopic (exact) mass is 348 g/mol. The lowest BCUT2D eigenvalue weighted by atomic mass is 9.99. The number of benzene rings is 1. The average Bonchev–Trinajstić information content (AvgIpc) is 2.38. The van der Waals surface area contributed by atoms with Crippen LogP contribution in [0.1, 0.15) is 25.5 Å². The zero-order valence-corrected chi connectivity index (χ0v) is 12.8. The summed E-state index contributed by atoms with van der Waals surface area (Å²) in [6, 6.07) is 0.819. The van der Waals surface area contributed by atoms with E-state index < -0.39 is 29.5 Å². The number of nitrogens with two attached hydrogens (primary N) is 1. The second-order valence-corrected chi connectivity index (χ2v) is 4.51. The molecule has 3 nitrogen and oxygen atoms in total. The normalized spacial score (nSPS) is 13.5. The van der Waals surface area contributed by atoms with E-state index in [1.165, 1.54) is 6.07 Å². The quantitative estimate of drug-likeness (QED) is 0.794. The van der Waals surface area contributed by atoms with Gasteiger partial charge in [0.25, 0.3) is 0 Å². The molecule has 0 aliphatic heterocycles. The van der Waals surface area contributed by atoms with Crippen molar-refractivity contribution in [1.82, 2.24) is 0 Å². The number of hydrogen-bond donors (Lipinski definition) is 2. The predicted molar refractivity (Wildman–Crippen MR) is 76.8 cm³/mol. The molecule has 1 aromatic rings. The number of alkyl halides is 5. The van der Waals surface area contributed by atoms with Crippen LogP contribution in [-0.4, -0.2) is 30.3 Å². The molecule has 0 bridgehead atoms. The van der Waals surface area contributed by atoms with Gasteiger partial charge in [0, 0.05) is 30.4 Å². The fraction of sp³-hybridized carbons (Fsp3) is 0.538. The molecule has 0 heterocycles. The number of rotatable bonds is 5. The van der Waals surface area contributed by atoms with Crippen LogP contribution in [0.25, 0.3) is 0 Å². The van der Waals surface area contributed by atoms with Gasteiger partial charge < -0.3 is 15.7 Å². The minimum absolute atomic E-state index is 0. The van der Waals surface area contributed by atoms with Crippen molar-refractivity contribution in [2.24, 2.45) is 5.73 Å². The first-order valence-electron chi connectivity index (χ1n) is 6.34. The molecule has 0 amide bonds. The number of nitrogens with zero attached hydrogens (tertiary/aromatic N) is 1. The summed E-state index contributed by atoms with van der Waals surface area (Å²) in [5, 5.41) is 9.72. The van der Waals surface area contributed by atoms with Crippen LogP contribution in [0.2, 0.25) is 0 Å². The molecule has 1 aromatic carbocycles. The van der Waals surface area contributed by atoms with Crippen molar-refractivity contribution in [3.05, 3.63) is 23.8 Å². The Hall–Kier alpha value is -1.28. The maximum Gasteiger partial charge on any atom is 0.455 e. The van der Waals surface area contributed by atoms with Crippen LogP contribution >= 0.6 is 12.4 Å². The van der Waals surface area contributed by atoms with Gasteiger partial charge in [0.2, 0.25) is 0 Å². The van der Waals surface area contributed by atoms with E-state index in [2.05, 4.69) is 0 Å². The third kappa shape index (κ3) is 3.92. The van der Waals surface area contributed by atoms with E-state index in [-0.39, 0.29) is 12.4 Å². The van der Waals surface area contributed by atoms with Crippen LogP contribution in [0.3, 0.4) is 0 Å². The lowest BCUT2D eigenvalue weighted by Crippen LogP contribution is -2.45. The highest BCUT2D eigenvalue weighted by Gasteiger charge is 2.62. The van der Waals surface area contributed by atoms with Crippen molar-refractivity contribution in [3.63, 3.8) is 0 Å². The summed E-state index contributed by atoms with van der Waals surface area (Å²) in [7, 11) is 0. The zero-order chi connectivity index (χ0) is 16.4. The molecule has 0 unspecified atom stereocenters. The summed E-state index contributed by atoms with van der Waals surface area (Å²) >= 11 is 0. The van der Waals surface area contributed by atoms with Crippen LogP contribution in [0, 0.1) is 0 Å². The van der Waals surface area contributed by atoms with Gasteiger partial charge in [-0.2, -0.15) is 22.0 Å². The number of hydrogen-bond acceptors (Lipinski definition) is 3. The van der Waals surface area contributed by atoms with E-state index in [0.29, 0.717) is 18.8 Å². The van der Waals surface area contributed by atoms with Crippen LogP contribution in [0.15, 0.2) is 18.2 Å². The van der Waals surface area contributed by atoms with Crippen LogP contribution < -0.4 is 10.6 Å². The molecule has 0 radical (unpaired) electrons. The molecule has 0 aromatic heterocycles. The highest BCUT2D eigenvalue weighted by atomic mass is 35.5. The SMILES string of the molecule is CCN(CC)c1ccc([C@H](N)C(F)(F)C(F)(F)F)c(O)c1.Cl. The van der Waals surface area contributed by atoms with Crippen LogP contribution in [-0.2, 0) is 0 Å². The molecule has 0 saturated heterocycles. The molecular formula is C13H18ClF5N2O. The van der Waals surface area contributed by atoms with Gasteiger partial charge in [-0.1, -0.05) is 6.07 Å². The topological polar surface area (TPSA) is 49.5 Å². The minimum Gasteiger partial charge on any atom is -0.508 e. The van der Waals surface area contributed by atoms with E-state index in [4.69, 9.17) is 5.73 Å². The van der Waals surface area contributed by atoms with E-state index in [0.717, 1.165) is 12.1 Å². The maximum absolute atomic E-state index is 13.2. The van der Waals surface area contributed by atoms with Crippen molar-refractivity contribution >= 4 is 18.1 Å². The Balaban J connectivity index is 0.00000441. The number of phenols is 1. The molecule has 0 fully saturated rings. The van der Waals surface area contributed by atoms with E-state index in [1.807, 2.05) is 13.8 Å². The lowest BCUT2D eigenvalue weighted by Gasteiger charge is -2.27. The highest BCUT2D eigenvalue weighted by Crippen LogP contribution is 2.45. The Bertz CT molecular complexity index is 492. The molecular weight excluding hydrogens is 331 g/mol. The summed E-state index contributed by atoms with van der Waals surface area (Å²) in [5.74, 6) is -5.81. The molecule has 0 aliphatic rings. The Morgan fingerprint density at radius 2 is 1.64 bits per heavy atom. The Morgan fingerprint density at radius 1 is 1.14 bits per heavy atom. The fourth-order valence-corrected chi connectivity index (χ4v) is 1.95. The molecule has 9 heteroatoms. The first-order chi connectivity index (χ1) is 9.56. The number of halogens is 6. The van der Waals surface area contributed by atoms with Gasteiger partial charge in [0.05, 0.1) is 0 Å². The zero-order valence-electron chi connectivity index (χ0n) is 12.0. The van der Waals surface area contributed by atoms with E-state index in [1.54, 1.807) is 4.90 Å². The van der Waals surface area contributed by atoms with Gasteiger partial charge in [-0.3, -0.25) is 0 Å². The third-order valence-electron chi connectivity index (χ3n) is 3.25. The third-order valence-corrected chi connectivity index (χ3v) is 3.25. The second kappa shape index (κ2) is 7.32. The Kier molecular flexibility index (Phi) is 6.90. The standard InChI is InChI=1S/C13H17F5N2O.ClH/c1-3-20(4-2)8-5-6-9(10(21)7-8)11(19)12(14,15)13(16,17)18;/h5-7,11,21H,3-4,19H2,1-2H3;1H/t11-;/m0./s1. The summed E-state index contributed by atoms with van der Waals surface area (Å²) in [6.45, 7) is 4.89. The molecule has 1 atom stereocenters. The number of aromatic hydroxyl groups is 1. The molecule has 0 saturated carbocycles. The first-order valence-corrected chi connectivity index (χ1v) is 6.34.